The van der Waals surface area contributed by atoms with Crippen LogP contribution in [0.3, 0.4) is 0 Å². The SMILES string of the molecule is COc1ccc(-c2c(C)c(-c3ccc(-c4c(C)c(-c5ccc6c(c5)sc5ccccc56)c(C)c(-c5ccc6c(c5)sc5ccccc56)c4C)cc3)c(C)c(-c3ccc(CO)c(CO)c3)c2C)cc1OC.c1ccc2c(c1)sc1cc(-c3c4ccccc4c(-c4ccc5c(c4)sc4ccccc45)c4ccccc34)ccc12. The number of methoxy groups -OCH3 is 2. The van der Waals surface area contributed by atoms with Crippen LogP contribution in [-0.2, 0) is 13.2 Å². The molecule has 0 aliphatic heterocycles. The second kappa shape index (κ2) is 27.8. The number of aliphatic hydroxyl groups is 2. The Morgan fingerprint density at radius 2 is 0.445 bits per heavy atom. The van der Waals surface area contributed by atoms with Gasteiger partial charge in [-0.1, -0.05) is 212 Å². The Hall–Kier alpha value is -11.6. The second-order valence-corrected chi connectivity index (χ2v) is 33.4. The lowest BCUT2D eigenvalue weighted by Gasteiger charge is -2.25. The number of aliphatic hydroxyl groups excluding tert-OH is 2. The summed E-state index contributed by atoms with van der Waals surface area (Å²) in [5.41, 5.74) is 27.8. The summed E-state index contributed by atoms with van der Waals surface area (Å²) in [6.07, 6.45) is 0. The molecule has 0 saturated heterocycles. The van der Waals surface area contributed by atoms with Gasteiger partial charge in [-0.3, -0.25) is 0 Å². The van der Waals surface area contributed by atoms with Crippen molar-refractivity contribution in [3.63, 3.8) is 0 Å². The highest BCUT2D eigenvalue weighted by Crippen LogP contribution is 2.52. The van der Waals surface area contributed by atoms with Crippen molar-refractivity contribution in [1.29, 1.82) is 0 Å². The van der Waals surface area contributed by atoms with Crippen LogP contribution < -0.4 is 9.47 Å². The average molecular weight is 1490 g/mol. The molecule has 0 amide bonds. The monoisotopic (exact) mass is 1490 g/mol. The average Bonchev–Trinajstić information content (AvgIpc) is 0.965. The van der Waals surface area contributed by atoms with Gasteiger partial charge < -0.3 is 19.7 Å². The molecule has 0 fully saturated rings. The van der Waals surface area contributed by atoms with E-state index in [1.807, 2.05) is 63.5 Å². The first-order valence-corrected chi connectivity index (χ1v) is 40.7. The Bertz CT molecular complexity index is 6710. The number of benzene rings is 16. The van der Waals surface area contributed by atoms with E-state index >= 15 is 0 Å². The third kappa shape index (κ3) is 11.3. The highest BCUT2D eigenvalue weighted by atomic mass is 32.1. The number of ether oxygens (including phenoxy) is 2. The van der Waals surface area contributed by atoms with E-state index < -0.39 is 0 Å². The van der Waals surface area contributed by atoms with Crippen LogP contribution in [-0.4, -0.2) is 24.4 Å². The highest BCUT2D eigenvalue weighted by molar-refractivity contribution is 7.27. The third-order valence-corrected chi connectivity index (χ3v) is 27.6. The van der Waals surface area contributed by atoms with Crippen LogP contribution in [0, 0.1) is 41.5 Å². The molecule has 0 bridgehead atoms. The first-order valence-electron chi connectivity index (χ1n) is 37.4. The maximum absolute atomic E-state index is 10.4. The number of thiophene rings is 4. The quantitative estimate of drug-likeness (QED) is 0.120. The summed E-state index contributed by atoms with van der Waals surface area (Å²) in [6.45, 7) is 13.3. The van der Waals surface area contributed by atoms with Crippen LogP contribution in [0.4, 0.5) is 0 Å². The molecule has 20 rings (SSSR count). The predicted molar refractivity (Wildman–Crippen MR) is 476 cm³/mol. The minimum atomic E-state index is -0.161. The van der Waals surface area contributed by atoms with Crippen molar-refractivity contribution in [1.82, 2.24) is 0 Å². The van der Waals surface area contributed by atoms with E-state index in [0.717, 1.165) is 55.6 Å². The van der Waals surface area contributed by atoms with Gasteiger partial charge in [-0.15, -0.1) is 45.3 Å². The van der Waals surface area contributed by atoms with Crippen molar-refractivity contribution < 1.29 is 19.7 Å². The van der Waals surface area contributed by atoms with Gasteiger partial charge in [-0.2, -0.15) is 0 Å². The maximum Gasteiger partial charge on any atom is 0.161 e. The maximum atomic E-state index is 10.4. The van der Waals surface area contributed by atoms with Crippen molar-refractivity contribution in [3.05, 3.63) is 324 Å². The predicted octanol–water partition coefficient (Wildman–Crippen LogP) is 29.3. The lowest BCUT2D eigenvalue weighted by Crippen LogP contribution is -2.03. The molecule has 0 aliphatic rings. The van der Waals surface area contributed by atoms with E-state index in [1.54, 1.807) is 14.2 Å². The zero-order chi connectivity index (χ0) is 74.7. The molecular weight excluding hydrogens is 1420 g/mol. The van der Waals surface area contributed by atoms with E-state index in [9.17, 15) is 10.2 Å². The lowest BCUT2D eigenvalue weighted by molar-refractivity contribution is 0.260. The standard InChI is InChI=1S/C64H54O4S2.C38H22S2/c1-35-59(36(2)62(44-25-28-53(67-7)54(30-44)68-8)39(5)61(35)43-21-22-47(33-65)48(29-43)34-66)41-17-19-42(20-18-41)60-37(3)63(45-23-26-51-49-13-9-11-15-55(49)69-57(51)31-45)40(6)64(38(60)4)46-24-27-52-50-14-10-12-16-56(50)70-58(52)32-46;1-2-12-30-29(11-1)37(23-17-19-27-25-9-5-7-15-33(25)39-35(27)21-23)31-13-3-4-14-32(31)38(30)24-18-20-28-26-10-6-8-16-34(26)40-36(28)22-24/h9-32,65-66H,33-34H2,1-8H3;1-22H. The third-order valence-electron chi connectivity index (χ3n) is 23.1. The van der Waals surface area contributed by atoms with Gasteiger partial charge >= 0.3 is 0 Å². The van der Waals surface area contributed by atoms with Crippen LogP contribution >= 0.6 is 45.3 Å². The molecule has 532 valence electrons. The van der Waals surface area contributed by atoms with Crippen LogP contribution in [0.2, 0.25) is 0 Å². The van der Waals surface area contributed by atoms with Crippen LogP contribution in [0.25, 0.3) is 191 Å². The van der Waals surface area contributed by atoms with Gasteiger partial charge in [-0.05, 0) is 263 Å². The Morgan fingerprint density at radius 1 is 0.209 bits per heavy atom. The zero-order valence-corrected chi connectivity index (χ0v) is 65.6. The van der Waals surface area contributed by atoms with Gasteiger partial charge in [0.15, 0.2) is 11.5 Å². The van der Waals surface area contributed by atoms with E-state index in [1.165, 1.54) is 175 Å². The summed E-state index contributed by atoms with van der Waals surface area (Å²) in [5.74, 6) is 1.34. The highest BCUT2D eigenvalue weighted by Gasteiger charge is 2.27. The number of fused-ring (bicyclic) bond motifs is 14. The second-order valence-electron chi connectivity index (χ2n) is 29.0. The van der Waals surface area contributed by atoms with Crippen molar-refractivity contribution >= 4 is 148 Å². The van der Waals surface area contributed by atoms with E-state index in [4.69, 9.17) is 9.47 Å². The Morgan fingerprint density at radius 3 is 0.755 bits per heavy atom. The van der Waals surface area contributed by atoms with E-state index in [0.29, 0.717) is 17.1 Å². The first kappa shape index (κ1) is 68.9. The molecule has 0 aliphatic carbocycles. The van der Waals surface area contributed by atoms with Crippen molar-refractivity contribution in [2.24, 2.45) is 0 Å². The fraction of sp³-hybridized carbons (Fsp3) is 0.0980. The molecule has 8 heteroatoms. The summed E-state index contributed by atoms with van der Waals surface area (Å²) in [4.78, 5) is 0. The molecule has 110 heavy (non-hydrogen) atoms. The number of hydrogen-bond acceptors (Lipinski definition) is 8. The van der Waals surface area contributed by atoms with Gasteiger partial charge in [0.2, 0.25) is 0 Å². The fourth-order valence-corrected chi connectivity index (χ4v) is 22.8. The summed E-state index contributed by atoms with van der Waals surface area (Å²) < 4.78 is 22.1. The Balaban J connectivity index is 0.000000172. The number of rotatable bonds is 12. The van der Waals surface area contributed by atoms with E-state index in [-0.39, 0.29) is 13.2 Å². The summed E-state index contributed by atoms with van der Waals surface area (Å²) in [7, 11) is 3.33. The van der Waals surface area contributed by atoms with Gasteiger partial charge in [0.05, 0.1) is 27.4 Å². The Labute approximate surface area is 655 Å². The minimum Gasteiger partial charge on any atom is -0.493 e. The molecule has 4 nitrogen and oxygen atoms in total. The Kier molecular flexibility index (Phi) is 17.4. The van der Waals surface area contributed by atoms with Gasteiger partial charge in [0.1, 0.15) is 0 Å². The van der Waals surface area contributed by atoms with Crippen LogP contribution in [0.1, 0.15) is 44.5 Å². The van der Waals surface area contributed by atoms with Crippen molar-refractivity contribution in [2.75, 3.05) is 14.2 Å². The molecule has 2 N–H and O–H groups in total. The molecule has 20 aromatic rings. The summed E-state index contributed by atoms with van der Waals surface area (Å²) in [5, 5.41) is 36.3. The smallest absolute Gasteiger partial charge is 0.161 e. The zero-order valence-electron chi connectivity index (χ0n) is 62.3. The van der Waals surface area contributed by atoms with Gasteiger partial charge in [0, 0.05) is 80.7 Å². The molecule has 0 spiro atoms. The molecule has 0 unspecified atom stereocenters. The van der Waals surface area contributed by atoms with Gasteiger partial charge in [-0.25, -0.2) is 0 Å². The molecule has 0 saturated carbocycles. The minimum absolute atomic E-state index is 0.137. The van der Waals surface area contributed by atoms with Crippen LogP contribution in [0.5, 0.6) is 11.5 Å². The summed E-state index contributed by atoms with van der Waals surface area (Å²) >= 11 is 7.50. The first-order chi connectivity index (χ1) is 53.9. The topological polar surface area (TPSA) is 58.9 Å². The largest absolute Gasteiger partial charge is 0.493 e. The molecule has 0 atom stereocenters. The molecule has 4 heterocycles. The molecule has 16 aromatic carbocycles. The van der Waals surface area contributed by atoms with Crippen molar-refractivity contribution in [3.8, 4) is 101 Å². The lowest BCUT2D eigenvalue weighted by atomic mass is 9.79. The fourth-order valence-electron chi connectivity index (χ4n) is 18.2. The molecule has 0 radical (unpaired) electrons. The normalized spacial score (nSPS) is 11.8. The van der Waals surface area contributed by atoms with Gasteiger partial charge in [0.25, 0.3) is 0 Å². The van der Waals surface area contributed by atoms with Crippen LogP contribution in [0.15, 0.2) is 279 Å². The molecular formula is C102H76O4S4. The van der Waals surface area contributed by atoms with Crippen molar-refractivity contribution in [2.45, 2.75) is 54.8 Å². The molecule has 4 aromatic heterocycles. The van der Waals surface area contributed by atoms with E-state index in [2.05, 4.69) is 302 Å². The summed E-state index contributed by atoms with van der Waals surface area (Å²) in [6, 6.07) is 102. The number of hydrogen-bond donors (Lipinski definition) is 2.